The minimum Gasteiger partial charge on any atom is -0.391 e. The molecule has 4 nitrogen and oxygen atoms in total. The van der Waals surface area contributed by atoms with Crippen LogP contribution in [0.3, 0.4) is 0 Å². The average molecular weight is 264 g/mol. The molecular formula is C14H17FN2O2. The lowest BCUT2D eigenvalue weighted by Gasteiger charge is -2.17. The molecule has 0 spiro atoms. The van der Waals surface area contributed by atoms with E-state index in [-0.39, 0.29) is 23.4 Å². The molecular weight excluding hydrogens is 247 g/mol. The van der Waals surface area contributed by atoms with Crippen LogP contribution in [0.5, 0.6) is 0 Å². The summed E-state index contributed by atoms with van der Waals surface area (Å²) >= 11 is 0. The molecule has 1 aromatic heterocycles. The van der Waals surface area contributed by atoms with Gasteiger partial charge in [0.05, 0.1) is 17.9 Å². The Kier molecular flexibility index (Phi) is 3.32. The SMILES string of the molecule is CC(C)(C)c1[nH]n(-c2ccc(F)cc2)c(=O)c1CO. The number of aromatic nitrogens is 2. The summed E-state index contributed by atoms with van der Waals surface area (Å²) in [5, 5.41) is 12.4. The van der Waals surface area contributed by atoms with Gasteiger partial charge in [-0.25, -0.2) is 9.07 Å². The molecule has 0 aliphatic rings. The van der Waals surface area contributed by atoms with Gasteiger partial charge in [-0.1, -0.05) is 20.8 Å². The number of aromatic amines is 1. The fourth-order valence-corrected chi connectivity index (χ4v) is 2.01. The monoisotopic (exact) mass is 264 g/mol. The number of hydrogen-bond donors (Lipinski definition) is 2. The van der Waals surface area contributed by atoms with Crippen LogP contribution in [0.1, 0.15) is 32.0 Å². The van der Waals surface area contributed by atoms with Crippen molar-refractivity contribution in [2.24, 2.45) is 0 Å². The molecule has 1 aromatic carbocycles. The summed E-state index contributed by atoms with van der Waals surface area (Å²) in [6.07, 6.45) is 0. The van der Waals surface area contributed by atoms with Crippen molar-refractivity contribution in [3.63, 3.8) is 0 Å². The minimum absolute atomic E-state index is 0.289. The van der Waals surface area contributed by atoms with E-state index in [0.29, 0.717) is 16.9 Å². The van der Waals surface area contributed by atoms with Gasteiger partial charge in [0, 0.05) is 11.1 Å². The number of nitrogens with one attached hydrogen (secondary N) is 1. The number of hydrogen-bond acceptors (Lipinski definition) is 2. The number of aliphatic hydroxyl groups excluding tert-OH is 1. The van der Waals surface area contributed by atoms with Gasteiger partial charge in [0.1, 0.15) is 5.82 Å². The summed E-state index contributed by atoms with van der Waals surface area (Å²) in [5.41, 5.74) is 0.972. The zero-order valence-electron chi connectivity index (χ0n) is 11.2. The highest BCUT2D eigenvalue weighted by molar-refractivity contribution is 5.34. The second-order valence-corrected chi connectivity index (χ2v) is 5.49. The Morgan fingerprint density at radius 3 is 2.26 bits per heavy atom. The van der Waals surface area contributed by atoms with Crippen LogP contribution in [-0.2, 0) is 12.0 Å². The lowest BCUT2D eigenvalue weighted by molar-refractivity contribution is 0.277. The Morgan fingerprint density at radius 2 is 1.84 bits per heavy atom. The van der Waals surface area contributed by atoms with Gasteiger partial charge in [-0.2, -0.15) is 0 Å². The van der Waals surface area contributed by atoms with Crippen molar-refractivity contribution in [2.45, 2.75) is 32.8 Å². The van der Waals surface area contributed by atoms with Crippen molar-refractivity contribution in [1.82, 2.24) is 9.78 Å². The lowest BCUT2D eigenvalue weighted by Crippen LogP contribution is -2.18. The van der Waals surface area contributed by atoms with Crippen LogP contribution in [0.4, 0.5) is 4.39 Å². The summed E-state index contributed by atoms with van der Waals surface area (Å²) in [6.45, 7) is 5.53. The summed E-state index contributed by atoms with van der Waals surface area (Å²) in [5.74, 6) is -0.359. The fourth-order valence-electron chi connectivity index (χ4n) is 2.01. The van der Waals surface area contributed by atoms with Crippen LogP contribution in [0.15, 0.2) is 29.1 Å². The molecule has 0 aliphatic heterocycles. The van der Waals surface area contributed by atoms with E-state index in [1.165, 1.54) is 28.9 Å². The molecule has 102 valence electrons. The Balaban J connectivity index is 2.63. The maximum atomic E-state index is 12.9. The van der Waals surface area contributed by atoms with Gasteiger partial charge >= 0.3 is 0 Å². The molecule has 19 heavy (non-hydrogen) atoms. The second kappa shape index (κ2) is 4.66. The first-order chi connectivity index (χ1) is 8.84. The quantitative estimate of drug-likeness (QED) is 0.872. The molecule has 0 amide bonds. The number of aliphatic hydroxyl groups is 1. The Bertz CT molecular complexity index is 633. The highest BCUT2D eigenvalue weighted by atomic mass is 19.1. The van der Waals surface area contributed by atoms with Crippen LogP contribution >= 0.6 is 0 Å². The number of benzene rings is 1. The molecule has 0 saturated carbocycles. The van der Waals surface area contributed by atoms with Crippen LogP contribution < -0.4 is 5.56 Å². The zero-order valence-corrected chi connectivity index (χ0v) is 11.2. The van der Waals surface area contributed by atoms with Gasteiger partial charge < -0.3 is 5.11 Å². The highest BCUT2D eigenvalue weighted by Crippen LogP contribution is 2.23. The molecule has 0 bridgehead atoms. The predicted octanol–water partition coefficient (Wildman–Crippen LogP) is 2.09. The number of H-pyrrole nitrogens is 1. The highest BCUT2D eigenvalue weighted by Gasteiger charge is 2.24. The van der Waals surface area contributed by atoms with E-state index >= 15 is 0 Å². The van der Waals surface area contributed by atoms with Crippen molar-refractivity contribution < 1.29 is 9.50 Å². The summed E-state index contributed by atoms with van der Waals surface area (Å²) in [6, 6.07) is 5.61. The third kappa shape index (κ3) is 2.46. The summed E-state index contributed by atoms with van der Waals surface area (Å²) in [7, 11) is 0. The van der Waals surface area contributed by atoms with Crippen LogP contribution in [-0.4, -0.2) is 14.9 Å². The first-order valence-corrected chi connectivity index (χ1v) is 6.06. The molecule has 0 aliphatic carbocycles. The fraction of sp³-hybridized carbons (Fsp3) is 0.357. The number of nitrogens with zero attached hydrogens (tertiary/aromatic N) is 1. The third-order valence-electron chi connectivity index (χ3n) is 2.98. The third-order valence-corrected chi connectivity index (χ3v) is 2.98. The topological polar surface area (TPSA) is 58.0 Å². The van der Waals surface area contributed by atoms with E-state index in [9.17, 15) is 14.3 Å². The predicted molar refractivity (Wildman–Crippen MR) is 71.0 cm³/mol. The second-order valence-electron chi connectivity index (χ2n) is 5.49. The standard InChI is InChI=1S/C14H17FN2O2/c1-14(2,3)12-11(8-18)13(19)17(16-12)10-6-4-9(15)5-7-10/h4-7,16,18H,8H2,1-3H3. The minimum atomic E-state index is -0.359. The van der Waals surface area contributed by atoms with E-state index < -0.39 is 0 Å². The smallest absolute Gasteiger partial charge is 0.277 e. The molecule has 0 atom stereocenters. The maximum Gasteiger partial charge on any atom is 0.277 e. The molecule has 0 unspecified atom stereocenters. The molecule has 2 aromatic rings. The molecule has 0 saturated heterocycles. The average Bonchev–Trinajstić information content (AvgIpc) is 2.67. The molecule has 0 radical (unpaired) electrons. The van der Waals surface area contributed by atoms with Crippen molar-refractivity contribution in [2.75, 3.05) is 0 Å². The van der Waals surface area contributed by atoms with Crippen LogP contribution in [0, 0.1) is 5.82 Å². The number of rotatable bonds is 2. The maximum absolute atomic E-state index is 12.9. The van der Waals surface area contributed by atoms with Crippen molar-refractivity contribution >= 4 is 0 Å². The largest absolute Gasteiger partial charge is 0.391 e. The van der Waals surface area contributed by atoms with Gasteiger partial charge in [0.15, 0.2) is 0 Å². The summed E-state index contributed by atoms with van der Waals surface area (Å²) < 4.78 is 14.2. The molecule has 2 N–H and O–H groups in total. The van der Waals surface area contributed by atoms with Crippen molar-refractivity contribution in [1.29, 1.82) is 0 Å². The zero-order chi connectivity index (χ0) is 14.2. The summed E-state index contributed by atoms with van der Waals surface area (Å²) in [4.78, 5) is 12.2. The van der Waals surface area contributed by atoms with Gasteiger partial charge in [0.2, 0.25) is 0 Å². The van der Waals surface area contributed by atoms with Gasteiger partial charge in [-0.15, -0.1) is 0 Å². The van der Waals surface area contributed by atoms with E-state index in [4.69, 9.17) is 0 Å². The van der Waals surface area contributed by atoms with Crippen LogP contribution in [0.2, 0.25) is 0 Å². The van der Waals surface area contributed by atoms with E-state index in [2.05, 4.69) is 5.10 Å². The van der Waals surface area contributed by atoms with Crippen molar-refractivity contribution in [3.8, 4) is 5.69 Å². The van der Waals surface area contributed by atoms with Gasteiger partial charge in [-0.05, 0) is 24.3 Å². The van der Waals surface area contributed by atoms with E-state index in [0.717, 1.165) is 0 Å². The van der Waals surface area contributed by atoms with E-state index in [1.54, 1.807) is 0 Å². The van der Waals surface area contributed by atoms with Gasteiger partial charge in [-0.3, -0.25) is 9.89 Å². The molecule has 5 heteroatoms. The van der Waals surface area contributed by atoms with Crippen molar-refractivity contribution in [3.05, 3.63) is 51.7 Å². The molecule has 1 heterocycles. The Morgan fingerprint density at radius 1 is 1.26 bits per heavy atom. The molecule has 2 rings (SSSR count). The Labute approximate surface area is 110 Å². The first-order valence-electron chi connectivity index (χ1n) is 6.06. The lowest BCUT2D eigenvalue weighted by atomic mass is 9.90. The van der Waals surface area contributed by atoms with Crippen LogP contribution in [0.25, 0.3) is 5.69 Å². The normalized spacial score (nSPS) is 11.8. The Hall–Kier alpha value is -1.88. The van der Waals surface area contributed by atoms with Gasteiger partial charge in [0.25, 0.3) is 5.56 Å². The number of halogens is 1. The first kappa shape index (κ1) is 13.5. The molecule has 0 fully saturated rings. The van der Waals surface area contributed by atoms with E-state index in [1.807, 2.05) is 20.8 Å².